The summed E-state index contributed by atoms with van der Waals surface area (Å²) in [5.41, 5.74) is 7.71. The molecule has 0 spiro atoms. The van der Waals surface area contributed by atoms with Crippen molar-refractivity contribution in [2.75, 3.05) is 12.8 Å². The predicted octanol–water partition coefficient (Wildman–Crippen LogP) is 0.249. The van der Waals surface area contributed by atoms with Crippen molar-refractivity contribution in [1.29, 1.82) is 0 Å². The average Bonchev–Trinajstić information content (AvgIpc) is 1.85. The monoisotopic (exact) mass is 148 g/mol. The van der Waals surface area contributed by atoms with Gasteiger partial charge in [0, 0.05) is 12.2 Å². The van der Waals surface area contributed by atoms with E-state index in [9.17, 15) is 0 Å². The van der Waals surface area contributed by atoms with Crippen molar-refractivity contribution in [2.24, 2.45) is 0 Å². The van der Waals surface area contributed by atoms with Crippen LogP contribution in [0.1, 0.15) is 5.56 Å². The van der Waals surface area contributed by atoms with Gasteiger partial charge < -0.3 is 10.5 Å². The van der Waals surface area contributed by atoms with Crippen molar-refractivity contribution in [1.82, 2.24) is 4.81 Å². The molecule has 0 saturated carbocycles. The summed E-state index contributed by atoms with van der Waals surface area (Å²) in [5, 5.41) is 0. The number of hydrogen-bond donors (Lipinski definition) is 1. The van der Waals surface area contributed by atoms with Gasteiger partial charge in [-0.05, 0) is 24.7 Å². The number of rotatable bonds is 2. The molecule has 0 radical (unpaired) electrons. The molecule has 0 aromatic heterocycles. The summed E-state index contributed by atoms with van der Waals surface area (Å²) in [6.07, 6.45) is 0. The van der Waals surface area contributed by atoms with Crippen LogP contribution >= 0.6 is 0 Å². The molecule has 1 aromatic carbocycles. The third-order valence-corrected chi connectivity index (χ3v) is 1.45. The predicted molar refractivity (Wildman–Crippen MR) is 50.9 cm³/mol. The molecule has 58 valence electrons. The molecule has 1 rings (SSSR count). The molecule has 3 heteroatoms. The van der Waals surface area contributed by atoms with Crippen LogP contribution in [0.4, 0.5) is 5.69 Å². The zero-order chi connectivity index (χ0) is 8.27. The molecule has 2 N–H and O–H groups in total. The number of nitrogens with two attached hydrogens (primary N) is 1. The molecule has 2 nitrogen and oxygen atoms in total. The Bertz CT molecular complexity index is 235. The molecular formula is C8H13BN2. The van der Waals surface area contributed by atoms with E-state index >= 15 is 0 Å². The third-order valence-electron chi connectivity index (χ3n) is 1.45. The van der Waals surface area contributed by atoms with Gasteiger partial charge in [-0.25, -0.2) is 0 Å². The highest BCUT2D eigenvalue weighted by molar-refractivity contribution is 6.04. The van der Waals surface area contributed by atoms with Gasteiger partial charge in [0.25, 0.3) is 0 Å². The Balaban J connectivity index is 2.71. The van der Waals surface area contributed by atoms with Gasteiger partial charge in [0.2, 0.25) is 0 Å². The first kappa shape index (κ1) is 8.14. The fourth-order valence-electron chi connectivity index (χ4n) is 1.06. The third kappa shape index (κ3) is 2.64. The lowest BCUT2D eigenvalue weighted by Gasteiger charge is -2.09. The van der Waals surface area contributed by atoms with E-state index in [0.29, 0.717) is 0 Å². The van der Waals surface area contributed by atoms with Gasteiger partial charge in [-0.15, -0.1) is 0 Å². The molecule has 0 aliphatic heterocycles. The van der Waals surface area contributed by atoms with Crippen molar-refractivity contribution in [3.63, 3.8) is 0 Å². The molecule has 0 amide bonds. The van der Waals surface area contributed by atoms with Gasteiger partial charge in [0.15, 0.2) is 7.98 Å². The topological polar surface area (TPSA) is 29.3 Å². The largest absolute Gasteiger partial charge is 0.399 e. The summed E-state index contributed by atoms with van der Waals surface area (Å²) < 4.78 is 0. The van der Waals surface area contributed by atoms with Crippen LogP contribution in [0.2, 0.25) is 0 Å². The minimum Gasteiger partial charge on any atom is -0.399 e. The maximum absolute atomic E-state index is 5.62. The molecule has 0 fully saturated rings. The van der Waals surface area contributed by atoms with Gasteiger partial charge in [-0.3, -0.25) is 0 Å². The second-order valence-corrected chi connectivity index (χ2v) is 2.98. The minimum absolute atomic E-state index is 0.837. The Morgan fingerprint density at radius 2 is 2.27 bits per heavy atom. The van der Waals surface area contributed by atoms with Crippen LogP contribution in [-0.4, -0.2) is 19.8 Å². The first-order chi connectivity index (χ1) is 5.18. The van der Waals surface area contributed by atoms with E-state index in [-0.39, 0.29) is 0 Å². The first-order valence-corrected chi connectivity index (χ1v) is 3.67. The van der Waals surface area contributed by atoms with E-state index in [1.165, 1.54) is 5.56 Å². The number of benzene rings is 1. The van der Waals surface area contributed by atoms with E-state index in [4.69, 9.17) is 5.73 Å². The highest BCUT2D eigenvalue weighted by atomic mass is 15.0. The van der Waals surface area contributed by atoms with Crippen molar-refractivity contribution in [3.05, 3.63) is 29.8 Å². The first-order valence-electron chi connectivity index (χ1n) is 3.67. The SMILES string of the molecule is BN(C)Cc1cccc(N)c1. The molecule has 0 saturated heterocycles. The normalized spacial score (nSPS) is 10.4. The van der Waals surface area contributed by atoms with Gasteiger partial charge >= 0.3 is 0 Å². The van der Waals surface area contributed by atoms with Crippen LogP contribution in [0.15, 0.2) is 24.3 Å². The van der Waals surface area contributed by atoms with Crippen LogP contribution in [0.5, 0.6) is 0 Å². The highest BCUT2D eigenvalue weighted by Gasteiger charge is 1.93. The molecule has 1 aromatic rings. The summed E-state index contributed by atoms with van der Waals surface area (Å²) in [4.78, 5) is 2.12. The van der Waals surface area contributed by atoms with E-state index < -0.39 is 0 Å². The van der Waals surface area contributed by atoms with Crippen LogP contribution in [0, 0.1) is 0 Å². The summed E-state index contributed by atoms with van der Waals surface area (Å²) in [5.74, 6) is 0. The quantitative estimate of drug-likeness (QED) is 0.481. The standard InChI is InChI=1S/C8H13BN2/c1-11(9)6-7-3-2-4-8(10)5-7/h2-5H,6,9-10H2,1H3. The molecule has 0 bridgehead atoms. The Morgan fingerprint density at radius 3 is 2.82 bits per heavy atom. The van der Waals surface area contributed by atoms with Crippen LogP contribution in [0.3, 0.4) is 0 Å². The summed E-state index contributed by atoms with van der Waals surface area (Å²) in [6.45, 7) is 0.949. The molecule has 0 unspecified atom stereocenters. The Hall–Kier alpha value is -0.955. The van der Waals surface area contributed by atoms with Crippen molar-refractivity contribution >= 4 is 13.7 Å². The Labute approximate surface area is 68.4 Å². The number of nitrogen functional groups attached to an aromatic ring is 1. The molecular weight excluding hydrogens is 135 g/mol. The lowest BCUT2D eigenvalue weighted by atomic mass is 10.1. The Morgan fingerprint density at radius 1 is 1.55 bits per heavy atom. The van der Waals surface area contributed by atoms with Crippen LogP contribution < -0.4 is 5.73 Å². The summed E-state index contributed by atoms with van der Waals surface area (Å²) >= 11 is 0. The van der Waals surface area contributed by atoms with Gasteiger partial charge in [0.05, 0.1) is 0 Å². The fourth-order valence-corrected chi connectivity index (χ4v) is 1.06. The molecule has 0 atom stereocenters. The number of anilines is 1. The molecule has 11 heavy (non-hydrogen) atoms. The van der Waals surface area contributed by atoms with Gasteiger partial charge in [-0.2, -0.15) is 0 Å². The molecule has 0 aliphatic carbocycles. The number of hydrogen-bond acceptors (Lipinski definition) is 2. The lowest BCUT2D eigenvalue weighted by Crippen LogP contribution is -2.12. The minimum atomic E-state index is 0.837. The maximum Gasteiger partial charge on any atom is 0.185 e. The van der Waals surface area contributed by atoms with Crippen molar-refractivity contribution in [3.8, 4) is 0 Å². The van der Waals surface area contributed by atoms with Gasteiger partial charge in [0.1, 0.15) is 0 Å². The second kappa shape index (κ2) is 3.44. The van der Waals surface area contributed by atoms with Crippen LogP contribution in [-0.2, 0) is 6.54 Å². The zero-order valence-electron chi connectivity index (χ0n) is 7.04. The smallest absolute Gasteiger partial charge is 0.185 e. The van der Waals surface area contributed by atoms with Crippen molar-refractivity contribution in [2.45, 2.75) is 6.54 Å². The summed E-state index contributed by atoms with van der Waals surface area (Å²) in [7, 11) is 4.09. The molecule has 0 heterocycles. The Kier molecular flexibility index (Phi) is 2.55. The summed E-state index contributed by atoms with van der Waals surface area (Å²) in [6, 6.07) is 7.96. The second-order valence-electron chi connectivity index (χ2n) is 2.98. The molecule has 0 aliphatic rings. The fraction of sp³-hybridized carbons (Fsp3) is 0.250. The van der Waals surface area contributed by atoms with E-state index in [0.717, 1.165) is 12.2 Å². The number of nitrogens with zero attached hydrogens (tertiary/aromatic N) is 1. The highest BCUT2D eigenvalue weighted by Crippen LogP contribution is 2.07. The van der Waals surface area contributed by atoms with E-state index in [1.807, 2.05) is 33.2 Å². The maximum atomic E-state index is 5.62. The van der Waals surface area contributed by atoms with Crippen LogP contribution in [0.25, 0.3) is 0 Å². The van der Waals surface area contributed by atoms with E-state index in [2.05, 4.69) is 10.9 Å². The lowest BCUT2D eigenvalue weighted by molar-refractivity contribution is 0.544. The van der Waals surface area contributed by atoms with Gasteiger partial charge in [-0.1, -0.05) is 12.1 Å². The van der Waals surface area contributed by atoms with E-state index in [1.54, 1.807) is 0 Å². The average molecular weight is 148 g/mol. The van der Waals surface area contributed by atoms with Crippen molar-refractivity contribution < 1.29 is 0 Å². The zero-order valence-corrected chi connectivity index (χ0v) is 7.04.